The summed E-state index contributed by atoms with van der Waals surface area (Å²) in [4.78, 5) is 9.30. The van der Waals surface area contributed by atoms with E-state index in [-0.39, 0.29) is 0 Å². The molecule has 0 aliphatic heterocycles. The highest BCUT2D eigenvalue weighted by Gasteiger charge is 2.10. The second kappa shape index (κ2) is 7.61. The highest BCUT2D eigenvalue weighted by Crippen LogP contribution is 2.27. The Morgan fingerprint density at radius 1 is 0.933 bits per heavy atom. The number of imidazole rings is 1. The molecule has 0 bridgehead atoms. The molecule has 6 nitrogen and oxygen atoms in total. The van der Waals surface area contributed by atoms with E-state index in [1.807, 2.05) is 53.2 Å². The van der Waals surface area contributed by atoms with Gasteiger partial charge in [-0.25, -0.2) is 14.2 Å². The van der Waals surface area contributed by atoms with Crippen LogP contribution in [0.5, 0.6) is 0 Å². The van der Waals surface area contributed by atoms with E-state index in [0.717, 1.165) is 28.3 Å². The monoisotopic (exact) mass is 413 g/mol. The number of anilines is 3. The van der Waals surface area contributed by atoms with Crippen LogP contribution in [0.3, 0.4) is 0 Å². The lowest BCUT2D eigenvalue weighted by Gasteiger charge is -2.08. The number of nitrogens with zero attached hydrogens (tertiary/aromatic N) is 3. The van der Waals surface area contributed by atoms with Gasteiger partial charge in [-0.1, -0.05) is 36.4 Å². The number of benzene rings is 3. The molecule has 2 aromatic heterocycles. The maximum atomic E-state index is 11.3. The fourth-order valence-electron chi connectivity index (χ4n) is 3.42. The summed E-state index contributed by atoms with van der Waals surface area (Å²) in [5.74, 6) is 0.671. The van der Waals surface area contributed by atoms with Gasteiger partial charge in [-0.3, -0.25) is 0 Å². The summed E-state index contributed by atoms with van der Waals surface area (Å²) in [5.41, 5.74) is 4.37. The molecule has 0 saturated carbocycles. The van der Waals surface area contributed by atoms with Gasteiger partial charge in [-0.2, -0.15) is 0 Å². The van der Waals surface area contributed by atoms with Crippen molar-refractivity contribution in [2.24, 2.45) is 0 Å². The first-order chi connectivity index (χ1) is 14.7. The molecule has 148 valence electrons. The molecular weight excluding hydrogens is 394 g/mol. The average Bonchev–Trinajstić information content (AvgIpc) is 3.20. The molecule has 2 N–H and O–H groups in total. The van der Waals surface area contributed by atoms with Gasteiger partial charge < -0.3 is 14.4 Å². The molecule has 0 radical (unpaired) electrons. The zero-order valence-electron chi connectivity index (χ0n) is 16.2. The van der Waals surface area contributed by atoms with Crippen molar-refractivity contribution >= 4 is 44.6 Å². The molecule has 30 heavy (non-hydrogen) atoms. The summed E-state index contributed by atoms with van der Waals surface area (Å²) in [6, 6.07) is 22.2. The van der Waals surface area contributed by atoms with Gasteiger partial charge in [0.1, 0.15) is 11.0 Å². The van der Waals surface area contributed by atoms with Gasteiger partial charge in [-0.15, -0.1) is 0 Å². The molecule has 2 heterocycles. The predicted molar refractivity (Wildman–Crippen MR) is 123 cm³/mol. The Labute approximate surface area is 176 Å². The third-order valence-electron chi connectivity index (χ3n) is 4.83. The van der Waals surface area contributed by atoms with E-state index in [1.165, 1.54) is 10.8 Å². The van der Waals surface area contributed by atoms with Crippen molar-refractivity contribution in [1.82, 2.24) is 14.4 Å². The van der Waals surface area contributed by atoms with Gasteiger partial charge in [-0.05, 0) is 41.1 Å². The van der Waals surface area contributed by atoms with Gasteiger partial charge in [0.25, 0.3) is 0 Å². The molecule has 1 unspecified atom stereocenters. The van der Waals surface area contributed by atoms with E-state index in [1.54, 1.807) is 12.5 Å². The summed E-state index contributed by atoms with van der Waals surface area (Å²) in [6.07, 6.45) is 7.25. The Hall–Kier alpha value is -3.71. The largest absolute Gasteiger partial charge is 0.337 e. The number of fused-ring (bicyclic) bond motifs is 2. The lowest BCUT2D eigenvalue weighted by molar-refractivity contribution is 0.690. The summed E-state index contributed by atoms with van der Waals surface area (Å²) >= 11 is 0. The van der Waals surface area contributed by atoms with Crippen molar-refractivity contribution in [2.45, 2.75) is 0 Å². The Balaban J connectivity index is 1.48. The highest BCUT2D eigenvalue weighted by atomic mass is 32.2. The molecular formula is C23H19N5OS. The highest BCUT2D eigenvalue weighted by molar-refractivity contribution is 7.85. The predicted octanol–water partition coefficient (Wildman–Crippen LogP) is 5.00. The third kappa shape index (κ3) is 3.62. The summed E-state index contributed by atoms with van der Waals surface area (Å²) < 4.78 is 16.1. The Bertz CT molecular complexity index is 1380. The minimum Gasteiger partial charge on any atom is -0.337 e. The molecule has 7 heteroatoms. The molecule has 0 amide bonds. The first-order valence-electron chi connectivity index (χ1n) is 9.46. The van der Waals surface area contributed by atoms with Crippen LogP contribution in [0.2, 0.25) is 0 Å². The van der Waals surface area contributed by atoms with E-state index >= 15 is 0 Å². The molecule has 3 aromatic carbocycles. The summed E-state index contributed by atoms with van der Waals surface area (Å²) in [7, 11) is -1.10. The fraction of sp³-hybridized carbons (Fsp3) is 0.0435. The van der Waals surface area contributed by atoms with Gasteiger partial charge in [0.05, 0.1) is 5.69 Å². The SMILES string of the molecule is CS(=O)Nc1ccc(Nc2nccn3cc(-c4ccc5ccccc5c4)nc23)cc1. The third-order valence-corrected chi connectivity index (χ3v) is 5.35. The summed E-state index contributed by atoms with van der Waals surface area (Å²) in [5, 5.41) is 5.72. The van der Waals surface area contributed by atoms with Crippen molar-refractivity contribution < 1.29 is 4.21 Å². The van der Waals surface area contributed by atoms with E-state index < -0.39 is 11.0 Å². The maximum Gasteiger partial charge on any atom is 0.181 e. The van der Waals surface area contributed by atoms with Crippen LogP contribution in [0.1, 0.15) is 0 Å². The number of hydrogen-bond acceptors (Lipinski definition) is 4. The average molecular weight is 414 g/mol. The van der Waals surface area contributed by atoms with Crippen molar-refractivity contribution in [3.63, 3.8) is 0 Å². The van der Waals surface area contributed by atoms with E-state index in [9.17, 15) is 4.21 Å². The standard InChI is InChI=1S/C23H19N5OS/c1-30(29)27-20-10-8-19(9-11-20)25-22-23-26-21(15-28(23)13-12-24-22)18-7-6-16-4-2-3-5-17(16)14-18/h2-15,27H,1H3,(H,24,25). The van der Waals surface area contributed by atoms with E-state index in [2.05, 4.69) is 45.4 Å². The smallest absolute Gasteiger partial charge is 0.181 e. The normalized spacial score (nSPS) is 12.2. The summed E-state index contributed by atoms with van der Waals surface area (Å²) in [6.45, 7) is 0. The van der Waals surface area contributed by atoms with Crippen LogP contribution in [-0.4, -0.2) is 24.8 Å². The van der Waals surface area contributed by atoms with Gasteiger partial charge >= 0.3 is 0 Å². The molecule has 0 spiro atoms. The molecule has 5 aromatic rings. The molecule has 0 fully saturated rings. The molecule has 0 aliphatic carbocycles. The zero-order valence-corrected chi connectivity index (χ0v) is 17.1. The second-order valence-electron chi connectivity index (χ2n) is 6.95. The minimum absolute atomic E-state index is 0.671. The minimum atomic E-state index is -1.10. The van der Waals surface area contributed by atoms with Gasteiger partial charge in [0.15, 0.2) is 11.5 Å². The van der Waals surface area contributed by atoms with Crippen LogP contribution < -0.4 is 10.0 Å². The van der Waals surface area contributed by atoms with Crippen LogP contribution in [0.4, 0.5) is 17.2 Å². The lowest BCUT2D eigenvalue weighted by Crippen LogP contribution is -2.01. The maximum absolute atomic E-state index is 11.3. The van der Waals surface area contributed by atoms with Crippen molar-refractivity contribution in [3.8, 4) is 11.3 Å². The molecule has 1 atom stereocenters. The van der Waals surface area contributed by atoms with Gasteiger partial charge in [0, 0.05) is 41.8 Å². The first-order valence-corrected chi connectivity index (χ1v) is 11.0. The number of nitrogens with one attached hydrogen (secondary N) is 2. The van der Waals surface area contributed by atoms with Crippen molar-refractivity contribution in [1.29, 1.82) is 0 Å². The lowest BCUT2D eigenvalue weighted by atomic mass is 10.1. The number of aromatic nitrogens is 3. The number of rotatable bonds is 5. The molecule has 0 saturated heterocycles. The van der Waals surface area contributed by atoms with Crippen LogP contribution in [0, 0.1) is 0 Å². The van der Waals surface area contributed by atoms with E-state index in [4.69, 9.17) is 4.98 Å². The van der Waals surface area contributed by atoms with Crippen LogP contribution >= 0.6 is 0 Å². The van der Waals surface area contributed by atoms with E-state index in [0.29, 0.717) is 5.82 Å². The van der Waals surface area contributed by atoms with Crippen LogP contribution in [0.25, 0.3) is 27.7 Å². The first kappa shape index (κ1) is 18.3. The van der Waals surface area contributed by atoms with Crippen molar-refractivity contribution in [2.75, 3.05) is 16.3 Å². The Morgan fingerprint density at radius 3 is 2.50 bits per heavy atom. The van der Waals surface area contributed by atoms with Gasteiger partial charge in [0.2, 0.25) is 0 Å². The Kier molecular flexibility index (Phi) is 4.65. The quantitative estimate of drug-likeness (QED) is 0.425. The topological polar surface area (TPSA) is 71.3 Å². The Morgan fingerprint density at radius 2 is 1.70 bits per heavy atom. The number of hydrogen-bond donors (Lipinski definition) is 2. The van der Waals surface area contributed by atoms with Crippen LogP contribution in [-0.2, 0) is 11.0 Å². The van der Waals surface area contributed by atoms with Crippen molar-refractivity contribution in [3.05, 3.63) is 85.3 Å². The van der Waals surface area contributed by atoms with Crippen LogP contribution in [0.15, 0.2) is 85.3 Å². The fourth-order valence-corrected chi connectivity index (χ4v) is 3.89. The zero-order chi connectivity index (χ0) is 20.5. The second-order valence-corrected chi connectivity index (χ2v) is 8.07. The molecule has 0 aliphatic rings. The molecule has 5 rings (SSSR count).